The number of aryl methyl sites for hydroxylation is 1. The zero-order valence-electron chi connectivity index (χ0n) is 17.8. The van der Waals surface area contributed by atoms with Gasteiger partial charge in [0.15, 0.2) is 0 Å². The first-order valence-electron chi connectivity index (χ1n) is 9.80. The third-order valence-corrected chi connectivity index (χ3v) is 4.81. The summed E-state index contributed by atoms with van der Waals surface area (Å²) in [7, 11) is 1.54. The summed E-state index contributed by atoms with van der Waals surface area (Å²) in [6.07, 6.45) is 1.72. The van der Waals surface area contributed by atoms with Crippen LogP contribution in [0.4, 0.5) is 0 Å². The number of hydrogen-bond acceptors (Lipinski definition) is 5. The van der Waals surface area contributed by atoms with Gasteiger partial charge in [0.1, 0.15) is 23.1 Å². The maximum absolute atomic E-state index is 12.7. The van der Waals surface area contributed by atoms with Gasteiger partial charge in [-0.05, 0) is 49.2 Å². The maximum Gasteiger partial charge on any atom is 0.288 e. The van der Waals surface area contributed by atoms with Crippen LogP contribution in [0.1, 0.15) is 40.4 Å². The van der Waals surface area contributed by atoms with Crippen molar-refractivity contribution in [3.05, 3.63) is 65.6 Å². The lowest BCUT2D eigenvalue weighted by atomic mass is 10.0. The van der Waals surface area contributed by atoms with E-state index in [-0.39, 0.29) is 5.92 Å². The largest absolute Gasteiger partial charge is 0.497 e. The van der Waals surface area contributed by atoms with Crippen LogP contribution in [0.5, 0.6) is 5.75 Å². The highest BCUT2D eigenvalue weighted by molar-refractivity contribution is 5.99. The van der Waals surface area contributed by atoms with Gasteiger partial charge >= 0.3 is 0 Å². The molecule has 3 N–H and O–H groups in total. The molecule has 0 aliphatic heterocycles. The van der Waals surface area contributed by atoms with E-state index < -0.39 is 23.8 Å². The van der Waals surface area contributed by atoms with Gasteiger partial charge in [-0.3, -0.25) is 29.6 Å². The second-order valence-corrected chi connectivity index (χ2v) is 7.34. The summed E-state index contributed by atoms with van der Waals surface area (Å²) in [5.41, 5.74) is 6.69. The first-order valence-corrected chi connectivity index (χ1v) is 9.80. The second kappa shape index (κ2) is 9.29. The summed E-state index contributed by atoms with van der Waals surface area (Å²) >= 11 is 0. The number of methoxy groups -OCH3 is 1. The molecule has 0 saturated carbocycles. The first kappa shape index (κ1) is 21.8. The molecule has 9 heteroatoms. The Morgan fingerprint density at radius 1 is 1.00 bits per heavy atom. The van der Waals surface area contributed by atoms with Gasteiger partial charge in [-0.15, -0.1) is 0 Å². The van der Waals surface area contributed by atoms with E-state index in [2.05, 4.69) is 21.2 Å². The normalized spacial score (nSPS) is 11.8. The third-order valence-electron chi connectivity index (χ3n) is 4.81. The lowest BCUT2D eigenvalue weighted by Gasteiger charge is -2.22. The van der Waals surface area contributed by atoms with E-state index in [1.165, 1.54) is 7.11 Å². The van der Waals surface area contributed by atoms with E-state index >= 15 is 0 Å². The van der Waals surface area contributed by atoms with Crippen LogP contribution >= 0.6 is 0 Å². The second-order valence-electron chi connectivity index (χ2n) is 7.34. The van der Waals surface area contributed by atoms with Crippen molar-refractivity contribution < 1.29 is 19.1 Å². The quantitative estimate of drug-likeness (QED) is 0.524. The van der Waals surface area contributed by atoms with Crippen LogP contribution in [0, 0.1) is 12.8 Å². The number of fused-ring (bicyclic) bond motifs is 1. The van der Waals surface area contributed by atoms with Crippen molar-refractivity contribution in [1.82, 2.24) is 25.6 Å². The highest BCUT2D eigenvalue weighted by Crippen LogP contribution is 2.13. The number of carbonyl (C=O) groups excluding carboxylic acids is 3. The molecule has 0 saturated heterocycles. The van der Waals surface area contributed by atoms with E-state index in [9.17, 15) is 14.4 Å². The molecule has 0 bridgehead atoms. The van der Waals surface area contributed by atoms with Gasteiger partial charge < -0.3 is 10.1 Å². The molecule has 1 atom stereocenters. The number of amides is 3. The van der Waals surface area contributed by atoms with Crippen LogP contribution < -0.4 is 20.9 Å². The number of nitrogens with one attached hydrogen (secondary N) is 3. The Hall–Kier alpha value is -3.88. The highest BCUT2D eigenvalue weighted by atomic mass is 16.5. The summed E-state index contributed by atoms with van der Waals surface area (Å²) < 4.78 is 6.73. The minimum absolute atomic E-state index is 0.211. The summed E-state index contributed by atoms with van der Waals surface area (Å²) in [4.78, 5) is 42.2. The molecular formula is C22H25N5O4. The Balaban J connectivity index is 1.66. The van der Waals surface area contributed by atoms with Gasteiger partial charge in [0.2, 0.25) is 0 Å². The Bertz CT molecular complexity index is 1100. The molecule has 1 aromatic carbocycles. The van der Waals surface area contributed by atoms with Crippen molar-refractivity contribution in [2.75, 3.05) is 7.11 Å². The Morgan fingerprint density at radius 3 is 2.35 bits per heavy atom. The number of benzene rings is 1. The zero-order valence-corrected chi connectivity index (χ0v) is 17.8. The van der Waals surface area contributed by atoms with Gasteiger partial charge in [0, 0.05) is 11.8 Å². The monoisotopic (exact) mass is 423 g/mol. The minimum atomic E-state index is -0.849. The van der Waals surface area contributed by atoms with Crippen LogP contribution in [0.15, 0.2) is 48.7 Å². The summed E-state index contributed by atoms with van der Waals surface area (Å²) in [5.74, 6) is -1.03. The van der Waals surface area contributed by atoms with Crippen molar-refractivity contribution in [2.45, 2.75) is 26.8 Å². The van der Waals surface area contributed by atoms with Gasteiger partial charge in [-0.1, -0.05) is 19.9 Å². The zero-order chi connectivity index (χ0) is 22.5. The lowest BCUT2D eigenvalue weighted by molar-refractivity contribution is -0.124. The molecule has 0 unspecified atom stereocenters. The van der Waals surface area contributed by atoms with E-state index in [1.807, 2.05) is 6.07 Å². The van der Waals surface area contributed by atoms with Crippen molar-refractivity contribution in [3.8, 4) is 5.75 Å². The summed E-state index contributed by atoms with van der Waals surface area (Å²) in [6, 6.07) is 11.1. The van der Waals surface area contributed by atoms with Crippen LogP contribution in [0.25, 0.3) is 5.65 Å². The molecule has 0 aliphatic rings. The third kappa shape index (κ3) is 4.82. The first-order chi connectivity index (χ1) is 14.8. The van der Waals surface area contributed by atoms with Crippen molar-refractivity contribution in [3.63, 3.8) is 0 Å². The van der Waals surface area contributed by atoms with E-state index in [4.69, 9.17) is 4.74 Å². The number of pyridine rings is 1. The van der Waals surface area contributed by atoms with Gasteiger partial charge in [-0.25, -0.2) is 4.98 Å². The molecule has 31 heavy (non-hydrogen) atoms. The molecule has 2 heterocycles. The average Bonchev–Trinajstić information content (AvgIpc) is 3.11. The van der Waals surface area contributed by atoms with Crippen molar-refractivity contribution in [1.29, 1.82) is 0 Å². The molecule has 162 valence electrons. The van der Waals surface area contributed by atoms with Crippen LogP contribution in [-0.2, 0) is 4.79 Å². The predicted octanol–water partition coefficient (Wildman–Crippen LogP) is 1.87. The molecule has 3 aromatic rings. The number of nitrogens with zero attached hydrogens (tertiary/aromatic N) is 2. The number of rotatable bonds is 6. The lowest BCUT2D eigenvalue weighted by Crippen LogP contribution is -2.54. The molecule has 2 aromatic heterocycles. The number of imidazole rings is 1. The molecule has 0 spiro atoms. The molecule has 3 amide bonds. The minimum Gasteiger partial charge on any atom is -0.497 e. The predicted molar refractivity (Wildman–Crippen MR) is 115 cm³/mol. The topological polar surface area (TPSA) is 114 Å². The number of carbonyl (C=O) groups is 3. The van der Waals surface area contributed by atoms with Crippen LogP contribution in [-0.4, -0.2) is 40.3 Å². The molecular weight excluding hydrogens is 398 g/mol. The van der Waals surface area contributed by atoms with Gasteiger partial charge in [-0.2, -0.15) is 0 Å². The Labute approximate surface area is 179 Å². The van der Waals surface area contributed by atoms with Gasteiger partial charge in [0.05, 0.1) is 12.8 Å². The molecule has 9 nitrogen and oxygen atoms in total. The highest BCUT2D eigenvalue weighted by Gasteiger charge is 2.26. The fraction of sp³-hybridized carbons (Fsp3) is 0.273. The van der Waals surface area contributed by atoms with Crippen LogP contribution in [0.3, 0.4) is 0 Å². The Kier molecular flexibility index (Phi) is 6.54. The van der Waals surface area contributed by atoms with Crippen molar-refractivity contribution in [2.24, 2.45) is 5.92 Å². The Morgan fingerprint density at radius 2 is 1.71 bits per heavy atom. The average molecular weight is 423 g/mol. The fourth-order valence-electron chi connectivity index (χ4n) is 3.14. The number of hydrazine groups is 1. The fourth-order valence-corrected chi connectivity index (χ4v) is 3.14. The molecule has 0 fully saturated rings. The van der Waals surface area contributed by atoms with E-state index in [0.29, 0.717) is 28.3 Å². The van der Waals surface area contributed by atoms with Gasteiger partial charge in [0.25, 0.3) is 17.7 Å². The number of ether oxygens (including phenoxy) is 1. The smallest absolute Gasteiger partial charge is 0.288 e. The van der Waals surface area contributed by atoms with E-state index in [0.717, 1.165) is 0 Å². The van der Waals surface area contributed by atoms with Crippen molar-refractivity contribution >= 4 is 23.4 Å². The molecule has 3 rings (SSSR count). The SMILES string of the molecule is COc1ccc(C(=O)N[C@H](C(=O)NNC(=O)c2c(C)nc3ccccn23)C(C)C)cc1. The summed E-state index contributed by atoms with van der Waals surface area (Å²) in [6.45, 7) is 5.32. The standard InChI is InChI=1S/C22H25N5O4/c1-13(2)18(24-20(28)15-8-10-16(31-4)11-9-15)21(29)25-26-22(30)19-14(3)23-17-7-5-6-12-27(17)19/h5-13,18H,1-4H3,(H,24,28)(H,25,29)(H,26,30)/t18-/m0/s1. The van der Waals surface area contributed by atoms with E-state index in [1.54, 1.807) is 67.8 Å². The van der Waals surface area contributed by atoms with Crippen LogP contribution in [0.2, 0.25) is 0 Å². The molecule has 0 aliphatic carbocycles. The maximum atomic E-state index is 12.7. The number of aromatic nitrogens is 2. The molecule has 0 radical (unpaired) electrons. The summed E-state index contributed by atoms with van der Waals surface area (Å²) in [5, 5.41) is 2.71. The number of hydrogen-bond donors (Lipinski definition) is 3.